The molecule has 178 valence electrons. The molecule has 2 aromatic carbocycles. The zero-order valence-corrected chi connectivity index (χ0v) is 20.1. The molecule has 1 aliphatic rings. The van der Waals surface area contributed by atoms with Crippen molar-refractivity contribution in [1.29, 1.82) is 0 Å². The lowest BCUT2D eigenvalue weighted by Crippen LogP contribution is -2.46. The molecule has 1 aromatic heterocycles. The van der Waals surface area contributed by atoms with Crippen molar-refractivity contribution in [3.63, 3.8) is 0 Å². The summed E-state index contributed by atoms with van der Waals surface area (Å²) in [5.74, 6) is 0.701. The Bertz CT molecular complexity index is 1150. The maximum absolute atomic E-state index is 13.5. The molecular weight excluding hydrogens is 454 g/mol. The lowest BCUT2D eigenvalue weighted by Gasteiger charge is -2.32. The summed E-state index contributed by atoms with van der Waals surface area (Å²) in [5, 5.41) is 4.42. The third-order valence-corrected chi connectivity index (χ3v) is 6.19. The first-order valence-corrected chi connectivity index (χ1v) is 11.8. The maximum atomic E-state index is 13.5. The van der Waals surface area contributed by atoms with Gasteiger partial charge in [0, 0.05) is 31.2 Å². The first-order chi connectivity index (χ1) is 16.4. The quantitative estimate of drug-likeness (QED) is 0.545. The van der Waals surface area contributed by atoms with Crippen LogP contribution in [0.2, 0.25) is 5.02 Å². The second-order valence-electron chi connectivity index (χ2n) is 8.55. The molecule has 34 heavy (non-hydrogen) atoms. The van der Waals surface area contributed by atoms with Crippen molar-refractivity contribution < 1.29 is 18.8 Å². The molecule has 0 bridgehead atoms. The first-order valence-electron chi connectivity index (χ1n) is 11.4. The predicted octanol–water partition coefficient (Wildman–Crippen LogP) is 4.63. The standard InChI is InChI=1S/C26H28ClN3O4/c1-18-14-23(28-34-18)26(32)30-13-7-6-12-29(2)25(31)22-16-20(27)10-11-24(22)33-17-21(30)15-19-8-4-3-5-9-19/h3-5,8-11,14,16,21H,6-7,12-13,15,17H2,1-2H3/t21-/m0/s1. The number of rotatable bonds is 3. The first kappa shape index (κ1) is 23.8. The van der Waals surface area contributed by atoms with Gasteiger partial charge >= 0.3 is 0 Å². The SMILES string of the molecule is Cc1cc(C(=O)N2CCCCN(C)C(=O)c3cc(Cl)ccc3OC[C@@H]2Cc2ccccc2)no1. The van der Waals surface area contributed by atoms with E-state index in [1.54, 1.807) is 43.1 Å². The topological polar surface area (TPSA) is 75.9 Å². The molecule has 0 aliphatic carbocycles. The van der Waals surface area contributed by atoms with E-state index in [1.165, 1.54) is 0 Å². The van der Waals surface area contributed by atoms with Crippen molar-refractivity contribution in [2.24, 2.45) is 0 Å². The minimum atomic E-state index is -0.275. The van der Waals surface area contributed by atoms with Crippen molar-refractivity contribution in [1.82, 2.24) is 15.0 Å². The number of fused-ring (bicyclic) bond motifs is 1. The van der Waals surface area contributed by atoms with Gasteiger partial charge in [-0.25, -0.2) is 0 Å². The van der Waals surface area contributed by atoms with Crippen LogP contribution in [0.4, 0.5) is 0 Å². The second kappa shape index (κ2) is 10.7. The Morgan fingerprint density at radius 2 is 1.88 bits per heavy atom. The summed E-state index contributed by atoms with van der Waals surface area (Å²) in [5.41, 5.74) is 1.78. The Balaban J connectivity index is 1.70. The molecule has 0 spiro atoms. The zero-order chi connectivity index (χ0) is 24.1. The fourth-order valence-corrected chi connectivity index (χ4v) is 4.30. The highest BCUT2D eigenvalue weighted by molar-refractivity contribution is 6.31. The molecule has 3 aromatic rings. The molecule has 1 atom stereocenters. The molecule has 4 rings (SSSR count). The number of nitrogens with zero attached hydrogens (tertiary/aromatic N) is 3. The zero-order valence-electron chi connectivity index (χ0n) is 19.4. The minimum Gasteiger partial charge on any atom is -0.491 e. The van der Waals surface area contributed by atoms with Gasteiger partial charge < -0.3 is 19.1 Å². The fraction of sp³-hybridized carbons (Fsp3) is 0.346. The van der Waals surface area contributed by atoms with Crippen molar-refractivity contribution in [3.05, 3.63) is 82.2 Å². The van der Waals surface area contributed by atoms with E-state index >= 15 is 0 Å². The Morgan fingerprint density at radius 1 is 1.12 bits per heavy atom. The van der Waals surface area contributed by atoms with Crippen molar-refractivity contribution in [3.8, 4) is 5.75 Å². The average molecular weight is 482 g/mol. The fourth-order valence-electron chi connectivity index (χ4n) is 4.13. The van der Waals surface area contributed by atoms with Crippen LogP contribution in [-0.4, -0.2) is 59.6 Å². The summed E-state index contributed by atoms with van der Waals surface area (Å²) in [7, 11) is 1.76. The van der Waals surface area contributed by atoms with E-state index in [1.807, 2.05) is 35.2 Å². The summed E-state index contributed by atoms with van der Waals surface area (Å²) < 4.78 is 11.4. The molecule has 1 aliphatic heterocycles. The Kier molecular flexibility index (Phi) is 7.53. The van der Waals surface area contributed by atoms with Crippen LogP contribution in [0.3, 0.4) is 0 Å². The van der Waals surface area contributed by atoms with Crippen LogP contribution < -0.4 is 4.74 Å². The molecule has 2 amide bonds. The number of halogens is 1. The summed E-state index contributed by atoms with van der Waals surface area (Å²) in [6.45, 7) is 3.04. The summed E-state index contributed by atoms with van der Waals surface area (Å²) in [6.07, 6.45) is 2.08. The van der Waals surface area contributed by atoms with Gasteiger partial charge in [0.25, 0.3) is 11.8 Å². The minimum absolute atomic E-state index is 0.135. The highest BCUT2D eigenvalue weighted by atomic mass is 35.5. The van der Waals surface area contributed by atoms with Gasteiger partial charge in [0.05, 0.1) is 11.6 Å². The van der Waals surface area contributed by atoms with E-state index in [0.29, 0.717) is 41.6 Å². The van der Waals surface area contributed by atoms with Crippen molar-refractivity contribution in [2.75, 3.05) is 26.7 Å². The van der Waals surface area contributed by atoms with Gasteiger partial charge in [0.15, 0.2) is 5.69 Å². The molecule has 7 nitrogen and oxygen atoms in total. The predicted molar refractivity (Wildman–Crippen MR) is 129 cm³/mol. The van der Waals surface area contributed by atoms with E-state index in [9.17, 15) is 9.59 Å². The Morgan fingerprint density at radius 3 is 2.62 bits per heavy atom. The molecule has 0 unspecified atom stereocenters. The van der Waals surface area contributed by atoms with Gasteiger partial charge in [0.1, 0.15) is 18.1 Å². The van der Waals surface area contributed by atoms with Crippen LogP contribution in [0.5, 0.6) is 5.75 Å². The number of aryl methyl sites for hydroxylation is 1. The average Bonchev–Trinajstić information content (AvgIpc) is 3.28. The number of amides is 2. The Hall–Kier alpha value is -3.32. The normalized spacial score (nSPS) is 17.4. The molecule has 0 fully saturated rings. The number of aromatic nitrogens is 1. The highest BCUT2D eigenvalue weighted by Gasteiger charge is 2.29. The Labute approximate surface area is 204 Å². The van der Waals surface area contributed by atoms with Crippen molar-refractivity contribution >= 4 is 23.4 Å². The van der Waals surface area contributed by atoms with E-state index in [-0.39, 0.29) is 30.2 Å². The lowest BCUT2D eigenvalue weighted by atomic mass is 10.0. The summed E-state index contributed by atoms with van der Waals surface area (Å²) in [6, 6.07) is 16.4. The van der Waals surface area contributed by atoms with Crippen LogP contribution in [0.1, 0.15) is 45.0 Å². The van der Waals surface area contributed by atoms with Gasteiger partial charge in [-0.3, -0.25) is 9.59 Å². The van der Waals surface area contributed by atoms with Crippen LogP contribution in [-0.2, 0) is 6.42 Å². The van der Waals surface area contributed by atoms with E-state index in [0.717, 1.165) is 18.4 Å². The number of hydrogen-bond acceptors (Lipinski definition) is 5. The van der Waals surface area contributed by atoms with Crippen molar-refractivity contribution in [2.45, 2.75) is 32.2 Å². The van der Waals surface area contributed by atoms with Crippen LogP contribution in [0.15, 0.2) is 59.1 Å². The summed E-state index contributed by atoms with van der Waals surface area (Å²) in [4.78, 5) is 30.0. The largest absolute Gasteiger partial charge is 0.491 e. The third kappa shape index (κ3) is 5.59. The smallest absolute Gasteiger partial charge is 0.276 e. The molecule has 2 heterocycles. The number of carbonyl (C=O) groups excluding carboxylic acids is 2. The van der Waals surface area contributed by atoms with Gasteiger partial charge in [-0.2, -0.15) is 0 Å². The maximum Gasteiger partial charge on any atom is 0.276 e. The number of benzene rings is 2. The summed E-state index contributed by atoms with van der Waals surface area (Å²) >= 11 is 6.19. The monoisotopic (exact) mass is 481 g/mol. The van der Waals surface area contributed by atoms with Gasteiger partial charge in [-0.15, -0.1) is 0 Å². The molecule has 0 saturated carbocycles. The van der Waals surface area contributed by atoms with Crippen LogP contribution in [0, 0.1) is 6.92 Å². The van der Waals surface area contributed by atoms with Gasteiger partial charge in [-0.1, -0.05) is 47.1 Å². The van der Waals surface area contributed by atoms with E-state index < -0.39 is 0 Å². The number of ether oxygens (including phenoxy) is 1. The molecule has 0 radical (unpaired) electrons. The third-order valence-electron chi connectivity index (χ3n) is 5.96. The number of hydrogen-bond donors (Lipinski definition) is 0. The molecule has 0 N–H and O–H groups in total. The van der Waals surface area contributed by atoms with Crippen LogP contribution >= 0.6 is 11.6 Å². The second-order valence-corrected chi connectivity index (χ2v) is 8.99. The molecular formula is C26H28ClN3O4. The van der Waals surface area contributed by atoms with E-state index in [4.69, 9.17) is 20.9 Å². The molecule has 0 saturated heterocycles. The number of carbonyl (C=O) groups is 2. The van der Waals surface area contributed by atoms with Crippen LogP contribution in [0.25, 0.3) is 0 Å². The van der Waals surface area contributed by atoms with E-state index in [2.05, 4.69) is 5.16 Å². The van der Waals surface area contributed by atoms with Gasteiger partial charge in [0.2, 0.25) is 0 Å². The lowest BCUT2D eigenvalue weighted by molar-refractivity contribution is 0.0581. The molecule has 8 heteroatoms. The van der Waals surface area contributed by atoms with Gasteiger partial charge in [-0.05, 0) is 49.9 Å². The highest BCUT2D eigenvalue weighted by Crippen LogP contribution is 2.26.